The summed E-state index contributed by atoms with van der Waals surface area (Å²) >= 11 is 5.29. The zero-order valence-electron chi connectivity index (χ0n) is 16.1. The lowest BCUT2D eigenvalue weighted by Crippen LogP contribution is -2.53. The quantitative estimate of drug-likeness (QED) is 0.120. The maximum Gasteiger partial charge on any atom is 0.342 e. The van der Waals surface area contributed by atoms with Gasteiger partial charge in [-0.15, -0.1) is 0 Å². The first-order valence-corrected chi connectivity index (χ1v) is 12.1. The van der Waals surface area contributed by atoms with E-state index in [-0.39, 0.29) is 28.7 Å². The smallest absolute Gasteiger partial charge is 0.342 e. The molecule has 0 aromatic heterocycles. The second-order valence-corrected chi connectivity index (χ2v) is 10.2. The number of aliphatic hydroxyl groups excluding tert-OH is 4. The Bertz CT molecular complexity index is 773. The molecule has 0 saturated carbocycles. The fraction of sp³-hybridized carbons (Fsp3) is 0.588. The molecule has 0 fully saturated rings. The fourth-order valence-electron chi connectivity index (χ4n) is 2.71. The second-order valence-electron chi connectivity index (χ2n) is 6.64. The standard InChI is InChI=1S/C17H22I3NO10/c1-21(5-8(23)13(26)9(24)6-22)11(25)2-3-31-17(16(29)30)10(19)4-7(18)12(14(17)20)15(27)28/h4,8-9,13-14,22-24,26H,2-3,5-6H2,1H3,(H,27,28)(H,29,30). The number of carboxylic acids is 2. The normalized spacial score (nSPS) is 24.3. The van der Waals surface area contributed by atoms with Crippen LogP contribution in [0.2, 0.25) is 0 Å². The number of amides is 1. The van der Waals surface area contributed by atoms with E-state index < -0.39 is 52.3 Å². The molecule has 0 saturated heterocycles. The minimum atomic E-state index is -1.98. The highest BCUT2D eigenvalue weighted by Crippen LogP contribution is 2.45. The van der Waals surface area contributed by atoms with Crippen LogP contribution < -0.4 is 0 Å². The number of ether oxygens (including phenoxy) is 1. The molecule has 0 aromatic rings. The summed E-state index contributed by atoms with van der Waals surface area (Å²) in [6, 6.07) is 0. The lowest BCUT2D eigenvalue weighted by Gasteiger charge is -2.37. The molecule has 1 aliphatic rings. The van der Waals surface area contributed by atoms with E-state index in [9.17, 15) is 39.9 Å². The summed E-state index contributed by atoms with van der Waals surface area (Å²) in [5.41, 5.74) is -2.10. The van der Waals surface area contributed by atoms with Gasteiger partial charge in [0, 0.05) is 20.8 Å². The highest BCUT2D eigenvalue weighted by atomic mass is 127. The number of hydrogen-bond acceptors (Lipinski definition) is 8. The van der Waals surface area contributed by atoms with Crippen molar-refractivity contribution in [3.63, 3.8) is 0 Å². The van der Waals surface area contributed by atoms with Crippen LogP contribution in [0.3, 0.4) is 0 Å². The second kappa shape index (κ2) is 12.4. The number of aliphatic carboxylic acids is 2. The monoisotopic (exact) mass is 781 g/mol. The van der Waals surface area contributed by atoms with E-state index in [1.807, 2.05) is 22.6 Å². The molecule has 1 amide bonds. The van der Waals surface area contributed by atoms with Gasteiger partial charge in [-0.1, -0.05) is 22.6 Å². The zero-order valence-corrected chi connectivity index (χ0v) is 22.6. The summed E-state index contributed by atoms with van der Waals surface area (Å²) in [5.74, 6) is -3.22. The van der Waals surface area contributed by atoms with E-state index >= 15 is 0 Å². The predicted octanol–water partition coefficient (Wildman–Crippen LogP) is -0.340. The Hall–Kier alpha value is -0.120. The van der Waals surface area contributed by atoms with Crippen LogP contribution >= 0.6 is 67.8 Å². The van der Waals surface area contributed by atoms with Crippen LogP contribution in [-0.4, -0.2) is 108 Å². The molecule has 31 heavy (non-hydrogen) atoms. The molecular weight excluding hydrogens is 759 g/mol. The van der Waals surface area contributed by atoms with E-state index in [4.69, 9.17) is 9.84 Å². The molecule has 6 N–H and O–H groups in total. The van der Waals surface area contributed by atoms with Crippen LogP contribution in [0.5, 0.6) is 0 Å². The maximum atomic E-state index is 12.3. The van der Waals surface area contributed by atoms with Gasteiger partial charge in [-0.2, -0.15) is 0 Å². The van der Waals surface area contributed by atoms with Crippen LogP contribution in [0, 0.1) is 0 Å². The summed E-state index contributed by atoms with van der Waals surface area (Å²) in [7, 11) is 1.33. The van der Waals surface area contributed by atoms with Crippen molar-refractivity contribution < 1.29 is 49.8 Å². The highest BCUT2D eigenvalue weighted by Gasteiger charge is 2.54. The van der Waals surface area contributed by atoms with Crippen LogP contribution in [0.25, 0.3) is 0 Å². The molecule has 0 spiro atoms. The number of carbonyl (C=O) groups is 3. The number of likely N-dealkylation sites (N-methyl/N-ethyl adjacent to an activating group) is 1. The molecular formula is C17H22I3NO10. The average Bonchev–Trinajstić information content (AvgIpc) is 2.67. The fourth-order valence-corrected chi connectivity index (χ4v) is 7.75. The third-order valence-corrected chi connectivity index (χ3v) is 8.04. The first-order valence-electron chi connectivity index (χ1n) is 8.72. The molecule has 1 rings (SSSR count). The van der Waals surface area contributed by atoms with Gasteiger partial charge in [-0.25, -0.2) is 9.59 Å². The Balaban J connectivity index is 2.86. The van der Waals surface area contributed by atoms with E-state index in [2.05, 4.69) is 0 Å². The van der Waals surface area contributed by atoms with Gasteiger partial charge in [-0.05, 0) is 51.3 Å². The molecule has 0 aliphatic heterocycles. The van der Waals surface area contributed by atoms with Crippen molar-refractivity contribution in [3.8, 4) is 0 Å². The summed E-state index contributed by atoms with van der Waals surface area (Å²) in [6.07, 6.45) is -3.63. The summed E-state index contributed by atoms with van der Waals surface area (Å²) in [6.45, 7) is -1.47. The largest absolute Gasteiger partial charge is 0.479 e. The first-order chi connectivity index (χ1) is 14.3. The molecule has 14 heteroatoms. The van der Waals surface area contributed by atoms with Crippen molar-refractivity contribution >= 4 is 85.6 Å². The van der Waals surface area contributed by atoms with Crippen molar-refractivity contribution in [3.05, 3.63) is 18.8 Å². The van der Waals surface area contributed by atoms with E-state index in [1.54, 1.807) is 45.2 Å². The maximum absolute atomic E-state index is 12.3. The molecule has 5 atom stereocenters. The molecule has 176 valence electrons. The number of carboxylic acid groups (broad SMARTS) is 2. The lowest BCUT2D eigenvalue weighted by atomic mass is 9.89. The summed E-state index contributed by atoms with van der Waals surface area (Å²) < 4.78 is 5.17. The first kappa shape index (κ1) is 28.9. The van der Waals surface area contributed by atoms with Crippen molar-refractivity contribution in [2.75, 3.05) is 26.8 Å². The third kappa shape index (κ3) is 6.70. The van der Waals surface area contributed by atoms with Crippen LogP contribution in [0.1, 0.15) is 6.42 Å². The SMILES string of the molecule is CN(CC(O)C(O)C(O)CO)C(=O)CCOC1(C(=O)O)C(I)=CC(I)=C(C(=O)O)C1I. The van der Waals surface area contributed by atoms with Crippen molar-refractivity contribution in [2.45, 2.75) is 34.3 Å². The van der Waals surface area contributed by atoms with E-state index in [0.29, 0.717) is 3.58 Å². The van der Waals surface area contributed by atoms with Gasteiger partial charge in [0.2, 0.25) is 11.5 Å². The summed E-state index contributed by atoms with van der Waals surface area (Å²) in [5, 5.41) is 57.0. The van der Waals surface area contributed by atoms with Gasteiger partial charge in [0.1, 0.15) is 18.3 Å². The predicted molar refractivity (Wildman–Crippen MR) is 132 cm³/mol. The van der Waals surface area contributed by atoms with Gasteiger partial charge in [0.15, 0.2) is 0 Å². The Morgan fingerprint density at radius 1 is 1.19 bits per heavy atom. The highest BCUT2D eigenvalue weighted by molar-refractivity contribution is 14.1. The number of carbonyl (C=O) groups excluding carboxylic acids is 1. The van der Waals surface area contributed by atoms with E-state index in [0.717, 1.165) is 4.90 Å². The molecule has 0 radical (unpaired) electrons. The number of nitrogens with zero attached hydrogens (tertiary/aromatic N) is 1. The minimum Gasteiger partial charge on any atom is -0.479 e. The minimum absolute atomic E-state index is 0.119. The van der Waals surface area contributed by atoms with Crippen LogP contribution in [0.4, 0.5) is 0 Å². The van der Waals surface area contributed by atoms with Crippen LogP contribution in [0.15, 0.2) is 18.8 Å². The van der Waals surface area contributed by atoms with E-state index in [1.165, 1.54) is 13.1 Å². The summed E-state index contributed by atoms with van der Waals surface area (Å²) in [4.78, 5) is 37.1. The average molecular weight is 781 g/mol. The third-order valence-electron chi connectivity index (χ3n) is 4.53. The molecule has 0 bridgehead atoms. The molecule has 1 aliphatic carbocycles. The number of allylic oxidation sites excluding steroid dienone is 2. The lowest BCUT2D eigenvalue weighted by molar-refractivity contribution is -0.160. The van der Waals surface area contributed by atoms with Crippen molar-refractivity contribution in [1.29, 1.82) is 0 Å². The number of aliphatic hydroxyl groups is 4. The topological polar surface area (TPSA) is 185 Å². The molecule has 5 unspecified atom stereocenters. The Morgan fingerprint density at radius 3 is 2.26 bits per heavy atom. The number of alkyl halides is 1. The van der Waals surface area contributed by atoms with Gasteiger partial charge >= 0.3 is 11.9 Å². The Kier molecular flexibility index (Phi) is 11.5. The van der Waals surface area contributed by atoms with Gasteiger partial charge in [-0.3, -0.25) is 4.79 Å². The molecule has 11 nitrogen and oxygen atoms in total. The van der Waals surface area contributed by atoms with Gasteiger partial charge in [0.25, 0.3) is 0 Å². The van der Waals surface area contributed by atoms with Gasteiger partial charge < -0.3 is 40.3 Å². The zero-order chi connectivity index (χ0) is 24.1. The van der Waals surface area contributed by atoms with Gasteiger partial charge in [0.05, 0.1) is 29.1 Å². The molecule has 0 heterocycles. The van der Waals surface area contributed by atoms with Crippen molar-refractivity contribution in [2.24, 2.45) is 0 Å². The number of halogens is 3. The Labute approximate surface area is 218 Å². The number of hydrogen-bond donors (Lipinski definition) is 6. The molecule has 0 aromatic carbocycles. The number of rotatable bonds is 11. The Morgan fingerprint density at radius 2 is 1.77 bits per heavy atom. The van der Waals surface area contributed by atoms with Crippen molar-refractivity contribution in [1.82, 2.24) is 4.90 Å². The van der Waals surface area contributed by atoms with Crippen LogP contribution in [-0.2, 0) is 19.1 Å².